The van der Waals surface area contributed by atoms with E-state index in [1.54, 1.807) is 24.0 Å². The Hall–Kier alpha value is -2.71. The third kappa shape index (κ3) is 5.71. The standard InChI is InChI=1S/C23H29N3O4S/c1-17-11-12-18(2)20(16-17)31(29,30)25-14-13-24-23(28)22(19-8-4-3-5-9-19)26-15-7-6-10-21(26)27/h3-5,8-9,11-12,16,22,25H,6-7,10,13-15H2,1-2H3,(H,24,28). The molecule has 1 heterocycles. The third-order valence-corrected chi connectivity index (χ3v) is 6.99. The molecular formula is C23H29N3O4S. The number of likely N-dealkylation sites (tertiary alicyclic amines) is 1. The molecule has 1 fully saturated rings. The Morgan fingerprint density at radius 2 is 1.81 bits per heavy atom. The van der Waals surface area contributed by atoms with Gasteiger partial charge >= 0.3 is 0 Å². The van der Waals surface area contributed by atoms with E-state index in [4.69, 9.17) is 0 Å². The van der Waals surface area contributed by atoms with Gasteiger partial charge in [0.05, 0.1) is 4.90 Å². The van der Waals surface area contributed by atoms with Crippen molar-refractivity contribution < 1.29 is 18.0 Å². The quantitative estimate of drug-likeness (QED) is 0.613. The van der Waals surface area contributed by atoms with Gasteiger partial charge in [-0.1, -0.05) is 42.5 Å². The van der Waals surface area contributed by atoms with E-state index in [1.807, 2.05) is 43.3 Å². The Bertz CT molecular complexity index is 1040. The number of hydrogen-bond acceptors (Lipinski definition) is 4. The van der Waals surface area contributed by atoms with Gasteiger partial charge in [0.25, 0.3) is 0 Å². The number of benzene rings is 2. The molecule has 1 saturated heterocycles. The van der Waals surface area contributed by atoms with Crippen molar-refractivity contribution in [2.75, 3.05) is 19.6 Å². The highest BCUT2D eigenvalue weighted by molar-refractivity contribution is 7.89. The lowest BCUT2D eigenvalue weighted by Crippen LogP contribution is -2.47. The Balaban J connectivity index is 1.64. The maximum absolute atomic E-state index is 13.0. The highest BCUT2D eigenvalue weighted by Crippen LogP contribution is 2.25. The van der Waals surface area contributed by atoms with Gasteiger partial charge in [-0.3, -0.25) is 9.59 Å². The van der Waals surface area contributed by atoms with Crippen LogP contribution in [0.25, 0.3) is 0 Å². The molecule has 8 heteroatoms. The number of sulfonamides is 1. The van der Waals surface area contributed by atoms with Crippen molar-refractivity contribution in [1.29, 1.82) is 0 Å². The third-order valence-electron chi connectivity index (χ3n) is 5.38. The zero-order chi connectivity index (χ0) is 22.4. The summed E-state index contributed by atoms with van der Waals surface area (Å²) in [6.07, 6.45) is 2.13. The highest BCUT2D eigenvalue weighted by atomic mass is 32.2. The summed E-state index contributed by atoms with van der Waals surface area (Å²) in [5.41, 5.74) is 2.26. The molecule has 3 rings (SSSR count). The Morgan fingerprint density at radius 3 is 2.52 bits per heavy atom. The summed E-state index contributed by atoms with van der Waals surface area (Å²) in [6.45, 7) is 4.29. The number of nitrogens with zero attached hydrogens (tertiary/aromatic N) is 1. The number of aryl methyl sites for hydroxylation is 2. The molecule has 2 aromatic carbocycles. The molecule has 0 aliphatic carbocycles. The van der Waals surface area contributed by atoms with Gasteiger partial charge < -0.3 is 10.2 Å². The smallest absolute Gasteiger partial charge is 0.247 e. The van der Waals surface area contributed by atoms with Gasteiger partial charge in [-0.25, -0.2) is 13.1 Å². The van der Waals surface area contributed by atoms with Crippen LogP contribution in [0.3, 0.4) is 0 Å². The molecule has 0 aromatic heterocycles. The number of hydrogen-bond donors (Lipinski definition) is 2. The fourth-order valence-corrected chi connectivity index (χ4v) is 5.11. The number of rotatable bonds is 8. The van der Waals surface area contributed by atoms with E-state index in [9.17, 15) is 18.0 Å². The Kier molecular flexibility index (Phi) is 7.46. The summed E-state index contributed by atoms with van der Waals surface area (Å²) < 4.78 is 27.8. The van der Waals surface area contributed by atoms with Crippen molar-refractivity contribution in [3.63, 3.8) is 0 Å². The molecule has 1 unspecified atom stereocenters. The number of piperidine rings is 1. The van der Waals surface area contributed by atoms with E-state index in [1.165, 1.54) is 0 Å². The summed E-state index contributed by atoms with van der Waals surface area (Å²) in [7, 11) is -3.68. The first-order valence-corrected chi connectivity index (χ1v) is 12.0. The zero-order valence-corrected chi connectivity index (χ0v) is 18.7. The van der Waals surface area contributed by atoms with Crippen molar-refractivity contribution in [2.45, 2.75) is 44.0 Å². The largest absolute Gasteiger partial charge is 0.353 e. The predicted octanol–water partition coefficient (Wildman–Crippen LogP) is 2.45. The van der Waals surface area contributed by atoms with Gasteiger partial charge in [0.15, 0.2) is 0 Å². The van der Waals surface area contributed by atoms with Gasteiger partial charge in [-0.15, -0.1) is 0 Å². The molecule has 0 spiro atoms. The van der Waals surface area contributed by atoms with Crippen molar-refractivity contribution >= 4 is 21.8 Å². The minimum absolute atomic E-state index is 0.0362. The topological polar surface area (TPSA) is 95.6 Å². The average Bonchev–Trinajstić information content (AvgIpc) is 2.75. The maximum atomic E-state index is 13.0. The van der Waals surface area contributed by atoms with E-state index in [0.29, 0.717) is 18.5 Å². The van der Waals surface area contributed by atoms with E-state index < -0.39 is 16.1 Å². The maximum Gasteiger partial charge on any atom is 0.247 e. The second kappa shape index (κ2) is 10.1. The van der Waals surface area contributed by atoms with Gasteiger partial charge in [-0.2, -0.15) is 0 Å². The lowest BCUT2D eigenvalue weighted by Gasteiger charge is -2.34. The number of amides is 2. The normalized spacial score (nSPS) is 15.5. The Labute approximate surface area is 183 Å². The monoisotopic (exact) mass is 443 g/mol. The lowest BCUT2D eigenvalue weighted by molar-refractivity contribution is -0.142. The second-order valence-electron chi connectivity index (χ2n) is 7.82. The molecule has 1 atom stereocenters. The van der Waals surface area contributed by atoms with Crippen LogP contribution in [-0.2, 0) is 19.6 Å². The zero-order valence-electron chi connectivity index (χ0n) is 17.9. The van der Waals surface area contributed by atoms with E-state index in [2.05, 4.69) is 10.0 Å². The van der Waals surface area contributed by atoms with Crippen molar-refractivity contribution in [2.24, 2.45) is 0 Å². The van der Waals surface area contributed by atoms with Crippen LogP contribution in [0.2, 0.25) is 0 Å². The van der Waals surface area contributed by atoms with Crippen LogP contribution >= 0.6 is 0 Å². The predicted molar refractivity (Wildman–Crippen MR) is 119 cm³/mol. The van der Waals surface area contributed by atoms with Crippen LogP contribution < -0.4 is 10.0 Å². The minimum Gasteiger partial charge on any atom is -0.353 e. The summed E-state index contributed by atoms with van der Waals surface area (Å²) in [6, 6.07) is 13.7. The molecule has 7 nitrogen and oxygen atoms in total. The van der Waals surface area contributed by atoms with Crippen LogP contribution in [-0.4, -0.2) is 44.8 Å². The highest BCUT2D eigenvalue weighted by Gasteiger charge is 2.32. The number of carbonyl (C=O) groups is 2. The molecule has 0 bridgehead atoms. The molecular weight excluding hydrogens is 414 g/mol. The SMILES string of the molecule is Cc1ccc(C)c(S(=O)(=O)NCCNC(=O)C(c2ccccc2)N2CCCCC2=O)c1. The number of nitrogens with one attached hydrogen (secondary N) is 2. The molecule has 1 aliphatic heterocycles. The molecule has 1 aliphatic rings. The molecule has 166 valence electrons. The summed E-state index contributed by atoms with van der Waals surface area (Å²) in [5, 5.41) is 2.79. The molecule has 0 saturated carbocycles. The second-order valence-corrected chi connectivity index (χ2v) is 9.55. The van der Waals surface area contributed by atoms with Crippen molar-refractivity contribution in [3.05, 3.63) is 65.2 Å². The Morgan fingerprint density at radius 1 is 1.06 bits per heavy atom. The van der Waals surface area contributed by atoms with Crippen LogP contribution in [0.1, 0.15) is 42.0 Å². The van der Waals surface area contributed by atoms with Crippen LogP contribution in [0.4, 0.5) is 0 Å². The van der Waals surface area contributed by atoms with Crippen molar-refractivity contribution in [3.8, 4) is 0 Å². The van der Waals surface area contributed by atoms with E-state index in [0.717, 1.165) is 24.0 Å². The minimum atomic E-state index is -3.68. The first-order chi connectivity index (χ1) is 14.8. The average molecular weight is 444 g/mol. The summed E-state index contributed by atoms with van der Waals surface area (Å²) >= 11 is 0. The van der Waals surface area contributed by atoms with Gasteiger partial charge in [0.2, 0.25) is 21.8 Å². The fourth-order valence-electron chi connectivity index (χ4n) is 3.75. The van der Waals surface area contributed by atoms with Crippen molar-refractivity contribution in [1.82, 2.24) is 14.9 Å². The van der Waals surface area contributed by atoms with Gasteiger partial charge in [-0.05, 0) is 49.4 Å². The molecule has 0 radical (unpaired) electrons. The number of carbonyl (C=O) groups excluding carboxylic acids is 2. The molecule has 2 amide bonds. The first-order valence-electron chi connectivity index (χ1n) is 10.5. The fraction of sp³-hybridized carbons (Fsp3) is 0.391. The summed E-state index contributed by atoms with van der Waals surface area (Å²) in [5.74, 6) is -0.349. The molecule has 2 N–H and O–H groups in total. The van der Waals surface area contributed by atoms with E-state index in [-0.39, 0.29) is 29.8 Å². The van der Waals surface area contributed by atoms with Crippen LogP contribution in [0, 0.1) is 13.8 Å². The molecule has 31 heavy (non-hydrogen) atoms. The lowest BCUT2D eigenvalue weighted by atomic mass is 10.0. The van der Waals surface area contributed by atoms with Gasteiger partial charge in [0.1, 0.15) is 6.04 Å². The summed E-state index contributed by atoms with van der Waals surface area (Å²) in [4.78, 5) is 27.3. The molecule has 2 aromatic rings. The van der Waals surface area contributed by atoms with E-state index >= 15 is 0 Å². The van der Waals surface area contributed by atoms with Crippen LogP contribution in [0.5, 0.6) is 0 Å². The van der Waals surface area contributed by atoms with Gasteiger partial charge in [0, 0.05) is 26.1 Å². The van der Waals surface area contributed by atoms with Crippen LogP contribution in [0.15, 0.2) is 53.4 Å². The first kappa shape index (κ1) is 23.0.